The van der Waals surface area contributed by atoms with E-state index in [2.05, 4.69) is 29.5 Å². The first-order valence-electron chi connectivity index (χ1n) is 17.2. The van der Waals surface area contributed by atoms with Crippen molar-refractivity contribution >= 4 is 35.1 Å². The van der Waals surface area contributed by atoms with Gasteiger partial charge in [-0.3, -0.25) is 20.4 Å². The second kappa shape index (κ2) is 16.3. The number of pyridine rings is 1. The molecule has 0 aliphatic carbocycles. The fraction of sp³-hybridized carbons (Fsp3) is 0.300. The van der Waals surface area contributed by atoms with Crippen molar-refractivity contribution in [3.05, 3.63) is 113 Å². The van der Waals surface area contributed by atoms with Crippen LogP contribution in [0.25, 0.3) is 11.1 Å². The lowest BCUT2D eigenvalue weighted by molar-refractivity contribution is 0.0473. The van der Waals surface area contributed by atoms with Gasteiger partial charge in [-0.05, 0) is 85.7 Å². The van der Waals surface area contributed by atoms with Crippen LogP contribution < -0.4 is 21.1 Å². The Hall–Kier alpha value is -6.04. The Morgan fingerprint density at radius 1 is 0.904 bits per heavy atom. The Morgan fingerprint density at radius 3 is 2.17 bits per heavy atom. The molecule has 0 unspecified atom stereocenters. The molecular formula is C40H45N7O5. The number of hydrogen-bond donors (Lipinski definition) is 5. The number of methoxy groups -OCH3 is 1. The van der Waals surface area contributed by atoms with Crippen molar-refractivity contribution in [3.8, 4) is 17.0 Å². The van der Waals surface area contributed by atoms with Gasteiger partial charge in [0.05, 0.1) is 18.5 Å². The highest BCUT2D eigenvalue weighted by Crippen LogP contribution is 2.33. The maximum Gasteiger partial charge on any atom is 0.339 e. The van der Waals surface area contributed by atoms with Gasteiger partial charge in [-0.1, -0.05) is 50.2 Å². The van der Waals surface area contributed by atoms with Gasteiger partial charge < -0.3 is 30.7 Å². The quantitative estimate of drug-likeness (QED) is 0.0651. The van der Waals surface area contributed by atoms with Crippen molar-refractivity contribution < 1.29 is 23.9 Å². The summed E-state index contributed by atoms with van der Waals surface area (Å²) in [5.74, 6) is -0.673. The average Bonchev–Trinajstić information content (AvgIpc) is 3.13. The van der Waals surface area contributed by atoms with Gasteiger partial charge in [-0.15, -0.1) is 0 Å². The van der Waals surface area contributed by atoms with Gasteiger partial charge in [-0.25, -0.2) is 9.78 Å². The number of nitrogens with zero attached hydrogens (tertiary/aromatic N) is 2. The molecule has 0 saturated carbocycles. The number of nitrogens with two attached hydrogens (primary N) is 1. The van der Waals surface area contributed by atoms with E-state index >= 15 is 0 Å². The van der Waals surface area contributed by atoms with E-state index in [0.717, 1.165) is 12.0 Å². The number of carbonyl (C=O) groups is 3. The number of hydrogen-bond acceptors (Lipinski definition) is 8. The van der Waals surface area contributed by atoms with Crippen molar-refractivity contribution in [3.63, 3.8) is 0 Å². The molecule has 52 heavy (non-hydrogen) atoms. The maximum absolute atomic E-state index is 14.0. The van der Waals surface area contributed by atoms with Crippen LogP contribution in [0.1, 0.15) is 82.4 Å². The van der Waals surface area contributed by atoms with Gasteiger partial charge in [-0.2, -0.15) is 0 Å². The van der Waals surface area contributed by atoms with Gasteiger partial charge in [0, 0.05) is 47.1 Å². The van der Waals surface area contributed by atoms with E-state index in [1.165, 1.54) is 13.2 Å². The smallest absolute Gasteiger partial charge is 0.339 e. The topological polar surface area (TPSA) is 184 Å². The zero-order chi connectivity index (χ0) is 37.4. The molecule has 2 heterocycles. The predicted octanol–water partition coefficient (Wildman–Crippen LogP) is 6.26. The van der Waals surface area contributed by atoms with Crippen LogP contribution in [0.5, 0.6) is 5.88 Å². The number of nitrogen functional groups attached to an aromatic ring is 1. The first-order valence-corrected chi connectivity index (χ1v) is 17.2. The number of nitrogens with one attached hydrogen (secondary N) is 4. The number of carbonyl (C=O) groups excluding carboxylic acids is 3. The predicted molar refractivity (Wildman–Crippen MR) is 201 cm³/mol. The van der Waals surface area contributed by atoms with E-state index in [9.17, 15) is 14.4 Å². The molecule has 0 bridgehead atoms. The summed E-state index contributed by atoms with van der Waals surface area (Å²) in [6.45, 7) is 7.34. The molecule has 4 aromatic rings. The summed E-state index contributed by atoms with van der Waals surface area (Å²) in [7, 11) is 1.44. The summed E-state index contributed by atoms with van der Waals surface area (Å²) in [6.07, 6.45) is 2.14. The van der Waals surface area contributed by atoms with Crippen molar-refractivity contribution in [1.29, 1.82) is 10.8 Å². The highest BCUT2D eigenvalue weighted by molar-refractivity contribution is 6.10. The zero-order valence-corrected chi connectivity index (χ0v) is 29.9. The molecule has 12 heteroatoms. The molecular weight excluding hydrogens is 658 g/mol. The molecule has 2 amide bonds. The van der Waals surface area contributed by atoms with Gasteiger partial charge in [0.1, 0.15) is 18.1 Å². The maximum atomic E-state index is 14.0. The lowest BCUT2D eigenvalue weighted by Crippen LogP contribution is -2.56. The first-order chi connectivity index (χ1) is 24.9. The van der Waals surface area contributed by atoms with Crippen LogP contribution in [0.4, 0.5) is 5.69 Å². The molecule has 0 atom stereocenters. The van der Waals surface area contributed by atoms with Crippen LogP contribution in [0, 0.1) is 16.7 Å². The molecule has 5 rings (SSSR count). The third-order valence-electron chi connectivity index (χ3n) is 9.12. The molecule has 270 valence electrons. The monoisotopic (exact) mass is 703 g/mol. The molecule has 0 spiro atoms. The average molecular weight is 704 g/mol. The second-order valence-corrected chi connectivity index (χ2v) is 13.4. The molecule has 1 aliphatic heterocycles. The van der Waals surface area contributed by atoms with Crippen LogP contribution in [0.15, 0.2) is 84.9 Å². The highest BCUT2D eigenvalue weighted by atomic mass is 16.5. The number of esters is 1. The van der Waals surface area contributed by atoms with E-state index in [0.29, 0.717) is 60.1 Å². The lowest BCUT2D eigenvalue weighted by Gasteiger charge is -2.44. The minimum absolute atomic E-state index is 0.000432. The molecule has 1 aromatic heterocycles. The summed E-state index contributed by atoms with van der Waals surface area (Å²) < 4.78 is 11.1. The Labute approximate surface area is 303 Å². The molecule has 1 aliphatic rings. The normalized spacial score (nSPS) is 13.6. The van der Waals surface area contributed by atoms with Gasteiger partial charge in [0.15, 0.2) is 0 Å². The van der Waals surface area contributed by atoms with Crippen molar-refractivity contribution in [1.82, 2.24) is 15.2 Å². The summed E-state index contributed by atoms with van der Waals surface area (Å²) in [5, 5.41) is 21.8. The van der Waals surface area contributed by atoms with Gasteiger partial charge in [0.25, 0.3) is 11.8 Å². The lowest BCUT2D eigenvalue weighted by atomic mass is 9.80. The number of anilines is 1. The van der Waals surface area contributed by atoms with Crippen LogP contribution >= 0.6 is 0 Å². The minimum Gasteiger partial charge on any atom is -0.481 e. The van der Waals surface area contributed by atoms with Crippen molar-refractivity contribution in [2.24, 2.45) is 11.7 Å². The number of amides is 2. The largest absolute Gasteiger partial charge is 0.481 e. The minimum atomic E-state index is -0.679. The van der Waals surface area contributed by atoms with Crippen LogP contribution in [0.2, 0.25) is 0 Å². The standard InChI is InChI=1S/C40H45N7O5/c1-25(2)23-40(18-20-47(21-19-40)26(3)41)46-37(48)29-12-15-31(33(22-29)39(50)52-24-27-8-6-5-7-9-27)32-16-17-34(51-4)45-35(32)38(49)44-30-13-10-28(11-14-30)36(42)43/h5-17,22,25,41H,18-21,23-24H2,1-4H3,(H3,42,43)(H,44,49)(H,46,48). The summed E-state index contributed by atoms with van der Waals surface area (Å²) in [4.78, 5) is 48.2. The van der Waals surface area contributed by atoms with E-state index in [-0.39, 0.29) is 41.1 Å². The van der Waals surface area contributed by atoms with Gasteiger partial charge >= 0.3 is 5.97 Å². The number of likely N-dealkylation sites (tertiary alicyclic amines) is 1. The van der Waals surface area contributed by atoms with Crippen LogP contribution in [-0.2, 0) is 11.3 Å². The molecule has 0 radical (unpaired) electrons. The number of aromatic nitrogens is 1. The first kappa shape index (κ1) is 37.2. The zero-order valence-electron chi connectivity index (χ0n) is 29.9. The Morgan fingerprint density at radius 2 is 1.56 bits per heavy atom. The molecule has 3 aromatic carbocycles. The molecule has 6 N–H and O–H groups in total. The number of benzene rings is 3. The van der Waals surface area contributed by atoms with Gasteiger partial charge in [0.2, 0.25) is 5.88 Å². The number of amidine groups is 2. The van der Waals surface area contributed by atoms with E-state index in [1.807, 2.05) is 35.2 Å². The fourth-order valence-electron chi connectivity index (χ4n) is 6.50. The summed E-state index contributed by atoms with van der Waals surface area (Å²) in [6, 6.07) is 23.7. The van der Waals surface area contributed by atoms with Crippen LogP contribution in [0.3, 0.4) is 0 Å². The van der Waals surface area contributed by atoms with Crippen molar-refractivity contribution in [2.75, 3.05) is 25.5 Å². The Bertz CT molecular complexity index is 1950. The molecule has 12 nitrogen and oxygen atoms in total. The van der Waals surface area contributed by atoms with Crippen molar-refractivity contribution in [2.45, 2.75) is 52.2 Å². The van der Waals surface area contributed by atoms with E-state index in [1.54, 1.807) is 55.5 Å². The molecule has 1 fully saturated rings. The molecule has 1 saturated heterocycles. The van der Waals surface area contributed by atoms with E-state index < -0.39 is 17.4 Å². The second-order valence-electron chi connectivity index (χ2n) is 13.4. The van der Waals surface area contributed by atoms with Crippen LogP contribution in [-0.4, -0.2) is 65.1 Å². The summed E-state index contributed by atoms with van der Waals surface area (Å²) in [5.41, 5.74) is 7.83. The Balaban J connectivity index is 1.52. The number of rotatable bonds is 12. The Kier molecular flexibility index (Phi) is 11.7. The fourth-order valence-corrected chi connectivity index (χ4v) is 6.50. The highest BCUT2D eigenvalue weighted by Gasteiger charge is 2.37. The summed E-state index contributed by atoms with van der Waals surface area (Å²) >= 11 is 0. The number of ether oxygens (including phenoxy) is 2. The third-order valence-corrected chi connectivity index (χ3v) is 9.12. The third kappa shape index (κ3) is 9.00. The van der Waals surface area contributed by atoms with E-state index in [4.69, 9.17) is 26.0 Å². The number of piperidine rings is 1. The SMILES string of the molecule is COc1ccc(-c2ccc(C(=O)NC3(CC(C)C)CCN(C(C)=N)CC3)cc2C(=O)OCc2ccccc2)c(C(=O)Nc2ccc(C(=N)N)cc2)n1.